The van der Waals surface area contributed by atoms with E-state index in [9.17, 15) is 0 Å². The van der Waals surface area contributed by atoms with Crippen molar-refractivity contribution in [1.82, 2.24) is 4.98 Å². The van der Waals surface area contributed by atoms with Gasteiger partial charge >= 0.3 is 0 Å². The molecule has 4 heteroatoms. The molecule has 0 aromatic carbocycles. The molecule has 1 aromatic heterocycles. The standard InChI is InChI=1S/C10H16N4/c11-8-4-6-14-10(9(8)12)13-5-3-7-1-2-7/h4,6-7H,1-3,5,12H2,(H3,11,13,14). The van der Waals surface area contributed by atoms with Crippen LogP contribution in [0.3, 0.4) is 0 Å². The second-order valence-electron chi connectivity index (χ2n) is 3.82. The Bertz CT molecular complexity index is 320. The fourth-order valence-corrected chi connectivity index (χ4v) is 1.43. The first kappa shape index (κ1) is 9.12. The van der Waals surface area contributed by atoms with Crippen LogP contribution in [0.15, 0.2) is 12.3 Å². The van der Waals surface area contributed by atoms with Crippen LogP contribution in [0.4, 0.5) is 17.2 Å². The van der Waals surface area contributed by atoms with E-state index >= 15 is 0 Å². The molecule has 14 heavy (non-hydrogen) atoms. The quantitative estimate of drug-likeness (QED) is 0.675. The van der Waals surface area contributed by atoms with Gasteiger partial charge in [0.2, 0.25) is 0 Å². The van der Waals surface area contributed by atoms with E-state index in [1.807, 2.05) is 0 Å². The summed E-state index contributed by atoms with van der Waals surface area (Å²) in [6, 6.07) is 1.71. The Morgan fingerprint density at radius 2 is 2.21 bits per heavy atom. The predicted octanol–water partition coefficient (Wildman–Crippen LogP) is 1.46. The van der Waals surface area contributed by atoms with E-state index in [4.69, 9.17) is 11.5 Å². The second kappa shape index (κ2) is 3.74. The van der Waals surface area contributed by atoms with Gasteiger partial charge < -0.3 is 16.8 Å². The summed E-state index contributed by atoms with van der Waals surface area (Å²) < 4.78 is 0. The molecule has 0 aliphatic heterocycles. The highest BCUT2D eigenvalue weighted by Crippen LogP contribution is 2.32. The molecule has 4 nitrogen and oxygen atoms in total. The highest BCUT2D eigenvalue weighted by atomic mass is 15.0. The number of anilines is 3. The molecule has 2 rings (SSSR count). The third-order valence-corrected chi connectivity index (χ3v) is 2.57. The van der Waals surface area contributed by atoms with Gasteiger partial charge in [-0.05, 0) is 18.4 Å². The Kier molecular flexibility index (Phi) is 2.43. The summed E-state index contributed by atoms with van der Waals surface area (Å²) in [4.78, 5) is 4.14. The average Bonchev–Trinajstić information content (AvgIpc) is 2.96. The maximum atomic E-state index is 5.77. The third kappa shape index (κ3) is 2.07. The zero-order valence-electron chi connectivity index (χ0n) is 8.16. The highest BCUT2D eigenvalue weighted by molar-refractivity contribution is 5.75. The van der Waals surface area contributed by atoms with E-state index in [1.54, 1.807) is 12.3 Å². The topological polar surface area (TPSA) is 77.0 Å². The highest BCUT2D eigenvalue weighted by Gasteiger charge is 2.20. The number of hydrogen-bond acceptors (Lipinski definition) is 4. The molecule has 1 aliphatic carbocycles. The minimum atomic E-state index is 0.559. The molecule has 76 valence electrons. The van der Waals surface area contributed by atoms with Crippen LogP contribution in [0.5, 0.6) is 0 Å². The molecular weight excluding hydrogens is 176 g/mol. The molecule has 1 heterocycles. The number of aromatic nitrogens is 1. The molecule has 1 fully saturated rings. The molecule has 0 unspecified atom stereocenters. The SMILES string of the molecule is Nc1ccnc(NCCC2CC2)c1N. The van der Waals surface area contributed by atoms with Gasteiger partial charge in [-0.15, -0.1) is 0 Å². The maximum absolute atomic E-state index is 5.77. The third-order valence-electron chi connectivity index (χ3n) is 2.57. The van der Waals surface area contributed by atoms with Gasteiger partial charge in [0, 0.05) is 12.7 Å². The molecule has 0 bridgehead atoms. The van der Waals surface area contributed by atoms with Gasteiger partial charge in [-0.1, -0.05) is 12.8 Å². The fourth-order valence-electron chi connectivity index (χ4n) is 1.43. The Morgan fingerprint density at radius 3 is 2.93 bits per heavy atom. The van der Waals surface area contributed by atoms with Crippen molar-refractivity contribution in [3.05, 3.63) is 12.3 Å². The van der Waals surface area contributed by atoms with Crippen LogP contribution in [0.1, 0.15) is 19.3 Å². The van der Waals surface area contributed by atoms with Gasteiger partial charge in [0.05, 0.1) is 11.4 Å². The van der Waals surface area contributed by atoms with Crippen molar-refractivity contribution in [1.29, 1.82) is 0 Å². The molecule has 5 N–H and O–H groups in total. The largest absolute Gasteiger partial charge is 0.397 e. The molecule has 0 spiro atoms. The van der Waals surface area contributed by atoms with Gasteiger partial charge in [0.1, 0.15) is 0 Å². The van der Waals surface area contributed by atoms with Crippen LogP contribution in [0.2, 0.25) is 0 Å². The van der Waals surface area contributed by atoms with Crippen molar-refractivity contribution >= 4 is 17.2 Å². The normalized spacial score (nSPS) is 15.4. The first-order valence-electron chi connectivity index (χ1n) is 5.01. The Morgan fingerprint density at radius 1 is 1.43 bits per heavy atom. The van der Waals surface area contributed by atoms with Crippen molar-refractivity contribution in [3.63, 3.8) is 0 Å². The maximum Gasteiger partial charge on any atom is 0.151 e. The lowest BCUT2D eigenvalue weighted by Gasteiger charge is -2.08. The minimum absolute atomic E-state index is 0.559. The van der Waals surface area contributed by atoms with Crippen molar-refractivity contribution in [2.75, 3.05) is 23.3 Å². The van der Waals surface area contributed by atoms with Crippen LogP contribution in [-0.2, 0) is 0 Å². The summed E-state index contributed by atoms with van der Waals surface area (Å²) >= 11 is 0. The molecule has 0 atom stereocenters. The number of nitrogen functional groups attached to an aromatic ring is 2. The first-order chi connectivity index (χ1) is 6.77. The molecule has 0 saturated heterocycles. The van der Waals surface area contributed by atoms with Crippen LogP contribution >= 0.6 is 0 Å². The lowest BCUT2D eigenvalue weighted by atomic mass is 10.3. The van der Waals surface area contributed by atoms with Crippen LogP contribution in [0.25, 0.3) is 0 Å². The Balaban J connectivity index is 1.90. The zero-order valence-corrected chi connectivity index (χ0v) is 8.16. The Labute approximate surface area is 83.7 Å². The zero-order chi connectivity index (χ0) is 9.97. The second-order valence-corrected chi connectivity index (χ2v) is 3.82. The van der Waals surface area contributed by atoms with Crippen molar-refractivity contribution in [3.8, 4) is 0 Å². The lowest BCUT2D eigenvalue weighted by molar-refractivity contribution is 0.758. The summed E-state index contributed by atoms with van der Waals surface area (Å²) in [6.07, 6.45) is 5.63. The summed E-state index contributed by atoms with van der Waals surface area (Å²) in [5.41, 5.74) is 12.6. The minimum Gasteiger partial charge on any atom is -0.397 e. The van der Waals surface area contributed by atoms with Crippen LogP contribution < -0.4 is 16.8 Å². The predicted molar refractivity (Wildman–Crippen MR) is 58.9 cm³/mol. The number of nitrogens with zero attached hydrogens (tertiary/aromatic N) is 1. The number of nitrogens with two attached hydrogens (primary N) is 2. The smallest absolute Gasteiger partial charge is 0.151 e. The van der Waals surface area contributed by atoms with E-state index in [0.29, 0.717) is 17.2 Å². The van der Waals surface area contributed by atoms with Crippen molar-refractivity contribution in [2.45, 2.75) is 19.3 Å². The van der Waals surface area contributed by atoms with Gasteiger partial charge in [-0.3, -0.25) is 0 Å². The number of hydrogen-bond donors (Lipinski definition) is 3. The number of pyridine rings is 1. The van der Waals surface area contributed by atoms with E-state index < -0.39 is 0 Å². The van der Waals surface area contributed by atoms with E-state index in [-0.39, 0.29) is 0 Å². The van der Waals surface area contributed by atoms with Crippen LogP contribution in [0, 0.1) is 5.92 Å². The molecule has 0 radical (unpaired) electrons. The van der Waals surface area contributed by atoms with Crippen molar-refractivity contribution in [2.24, 2.45) is 5.92 Å². The first-order valence-corrected chi connectivity index (χ1v) is 5.01. The van der Waals surface area contributed by atoms with Gasteiger partial charge in [-0.2, -0.15) is 0 Å². The van der Waals surface area contributed by atoms with E-state index in [1.165, 1.54) is 19.3 Å². The molecule has 1 aliphatic rings. The molecule has 1 aromatic rings. The lowest BCUT2D eigenvalue weighted by Crippen LogP contribution is -2.08. The van der Waals surface area contributed by atoms with E-state index in [0.717, 1.165) is 12.5 Å². The summed E-state index contributed by atoms with van der Waals surface area (Å²) in [6.45, 7) is 0.936. The molecule has 0 amide bonds. The molecule has 1 saturated carbocycles. The Hall–Kier alpha value is -1.45. The van der Waals surface area contributed by atoms with Gasteiger partial charge in [0.15, 0.2) is 5.82 Å². The monoisotopic (exact) mass is 192 g/mol. The van der Waals surface area contributed by atoms with Gasteiger partial charge in [0.25, 0.3) is 0 Å². The van der Waals surface area contributed by atoms with Crippen molar-refractivity contribution < 1.29 is 0 Å². The molecular formula is C10H16N4. The van der Waals surface area contributed by atoms with E-state index in [2.05, 4.69) is 10.3 Å². The summed E-state index contributed by atoms with van der Waals surface area (Å²) in [7, 11) is 0. The number of nitrogens with one attached hydrogen (secondary N) is 1. The summed E-state index contributed by atoms with van der Waals surface area (Å²) in [5, 5.41) is 3.21. The fraction of sp³-hybridized carbons (Fsp3) is 0.500. The average molecular weight is 192 g/mol. The van der Waals surface area contributed by atoms with Crippen LogP contribution in [-0.4, -0.2) is 11.5 Å². The van der Waals surface area contributed by atoms with Gasteiger partial charge in [-0.25, -0.2) is 4.98 Å². The number of rotatable bonds is 4. The summed E-state index contributed by atoms with van der Waals surface area (Å²) in [5.74, 6) is 1.63.